The van der Waals surface area contributed by atoms with Crippen LogP contribution in [0.3, 0.4) is 0 Å². The van der Waals surface area contributed by atoms with Gasteiger partial charge >= 0.3 is 5.97 Å². The number of nitrogens with one attached hydrogen (secondary N) is 1. The summed E-state index contributed by atoms with van der Waals surface area (Å²) in [6.07, 6.45) is -0.0174. The first kappa shape index (κ1) is 20.4. The van der Waals surface area contributed by atoms with Crippen LogP contribution in [0, 0.1) is 0 Å². The molecule has 2 aromatic rings. The van der Waals surface area contributed by atoms with E-state index in [1.807, 2.05) is 30.3 Å². The first-order valence-corrected chi connectivity index (χ1v) is 9.51. The van der Waals surface area contributed by atoms with Crippen molar-refractivity contribution in [2.45, 2.75) is 26.2 Å². The summed E-state index contributed by atoms with van der Waals surface area (Å²) >= 11 is 0. The number of rotatable bonds is 7. The molecule has 2 amide bonds. The van der Waals surface area contributed by atoms with Gasteiger partial charge in [-0.15, -0.1) is 0 Å². The van der Waals surface area contributed by atoms with Crippen molar-refractivity contribution in [3.05, 3.63) is 54.1 Å². The molecule has 3 rings (SSSR count). The summed E-state index contributed by atoms with van der Waals surface area (Å²) in [5.41, 5.74) is 2.44. The Morgan fingerprint density at radius 3 is 2.59 bits per heavy atom. The Labute approximate surface area is 169 Å². The molecule has 0 bridgehead atoms. The number of para-hydroxylation sites is 2. The lowest BCUT2D eigenvalue weighted by molar-refractivity contribution is -0.147. The average Bonchev–Trinajstić information content (AvgIpc) is 2.72. The molecular weight excluding hydrogens is 372 g/mol. The number of nitrogens with zero attached hydrogens (tertiary/aromatic N) is 1. The Kier molecular flexibility index (Phi) is 6.49. The summed E-state index contributed by atoms with van der Waals surface area (Å²) in [4.78, 5) is 37.6. The number of benzene rings is 2. The smallest absolute Gasteiger partial charge is 0.308 e. The Morgan fingerprint density at radius 1 is 1.14 bits per heavy atom. The van der Waals surface area contributed by atoms with Gasteiger partial charge in [0.25, 0.3) is 11.8 Å². The van der Waals surface area contributed by atoms with Crippen LogP contribution in [0.15, 0.2) is 48.5 Å². The first-order chi connectivity index (χ1) is 13.9. The standard InChI is InChI=1S/C22H24N2O5/c1-15(2)16-7-9-17(10-8-16)23-20(25)13-29-22(27)11-12-24-18-5-3-4-6-19(18)28-14-21(24)26/h3-10,15H,11-14H2,1-2H3,(H,23,25). The Hall–Kier alpha value is -3.35. The number of anilines is 2. The van der Waals surface area contributed by atoms with Crippen LogP contribution in [0.25, 0.3) is 0 Å². The lowest BCUT2D eigenvalue weighted by atomic mass is 10.0. The van der Waals surface area contributed by atoms with E-state index in [9.17, 15) is 14.4 Å². The number of ether oxygens (including phenoxy) is 2. The van der Waals surface area contributed by atoms with Crippen LogP contribution in [-0.2, 0) is 19.1 Å². The SMILES string of the molecule is CC(C)c1ccc(NC(=O)COC(=O)CCN2C(=O)COc3ccccc32)cc1. The Bertz CT molecular complexity index is 892. The van der Waals surface area contributed by atoms with Gasteiger partial charge in [0.2, 0.25) is 0 Å². The van der Waals surface area contributed by atoms with Crippen molar-refractivity contribution in [2.24, 2.45) is 0 Å². The van der Waals surface area contributed by atoms with Crippen LogP contribution in [0.4, 0.5) is 11.4 Å². The summed E-state index contributed by atoms with van der Waals surface area (Å²) in [5, 5.41) is 2.69. The Balaban J connectivity index is 1.45. The summed E-state index contributed by atoms with van der Waals surface area (Å²) in [6, 6.07) is 14.7. The number of carbonyl (C=O) groups excluding carboxylic acids is 3. The fourth-order valence-electron chi connectivity index (χ4n) is 2.97. The Morgan fingerprint density at radius 2 is 1.86 bits per heavy atom. The van der Waals surface area contributed by atoms with Gasteiger partial charge in [-0.3, -0.25) is 14.4 Å². The van der Waals surface area contributed by atoms with Gasteiger partial charge in [-0.1, -0.05) is 38.1 Å². The minimum absolute atomic E-state index is 0.0174. The van der Waals surface area contributed by atoms with Gasteiger partial charge in [0, 0.05) is 12.2 Å². The molecule has 0 saturated carbocycles. The highest BCUT2D eigenvalue weighted by Crippen LogP contribution is 2.31. The van der Waals surface area contributed by atoms with Crippen molar-refractivity contribution in [1.82, 2.24) is 0 Å². The molecule has 0 fully saturated rings. The number of fused-ring (bicyclic) bond motifs is 1. The predicted molar refractivity (Wildman–Crippen MR) is 109 cm³/mol. The molecule has 7 heteroatoms. The highest BCUT2D eigenvalue weighted by atomic mass is 16.5. The van der Waals surface area contributed by atoms with Crippen molar-refractivity contribution in [1.29, 1.82) is 0 Å². The van der Waals surface area contributed by atoms with Crippen molar-refractivity contribution in [2.75, 3.05) is 30.0 Å². The average molecular weight is 396 g/mol. The second-order valence-corrected chi connectivity index (χ2v) is 7.04. The number of hydrogen-bond acceptors (Lipinski definition) is 5. The maximum Gasteiger partial charge on any atom is 0.308 e. The van der Waals surface area contributed by atoms with E-state index in [4.69, 9.17) is 9.47 Å². The molecular formula is C22H24N2O5. The van der Waals surface area contributed by atoms with E-state index in [0.29, 0.717) is 23.0 Å². The van der Waals surface area contributed by atoms with Gasteiger partial charge in [0.05, 0.1) is 12.1 Å². The van der Waals surface area contributed by atoms with E-state index >= 15 is 0 Å². The zero-order valence-corrected chi connectivity index (χ0v) is 16.5. The van der Waals surface area contributed by atoms with E-state index in [2.05, 4.69) is 19.2 Å². The van der Waals surface area contributed by atoms with Crippen LogP contribution >= 0.6 is 0 Å². The van der Waals surface area contributed by atoms with Crippen LogP contribution in [0.1, 0.15) is 31.7 Å². The van der Waals surface area contributed by atoms with Crippen molar-refractivity contribution < 1.29 is 23.9 Å². The number of amides is 2. The molecule has 1 aliphatic rings. The van der Waals surface area contributed by atoms with E-state index in [1.165, 1.54) is 10.5 Å². The van der Waals surface area contributed by atoms with E-state index in [0.717, 1.165) is 0 Å². The lowest BCUT2D eigenvalue weighted by Gasteiger charge is -2.28. The molecule has 29 heavy (non-hydrogen) atoms. The molecule has 0 aromatic heterocycles. The second kappa shape index (κ2) is 9.23. The predicted octanol–water partition coefficient (Wildman–Crippen LogP) is 3.11. The molecule has 1 N–H and O–H groups in total. The molecule has 7 nitrogen and oxygen atoms in total. The molecule has 1 aliphatic heterocycles. The van der Waals surface area contributed by atoms with Crippen molar-refractivity contribution in [3.63, 3.8) is 0 Å². The van der Waals surface area contributed by atoms with Gasteiger partial charge in [-0.05, 0) is 35.7 Å². The lowest BCUT2D eigenvalue weighted by Crippen LogP contribution is -2.40. The molecule has 0 atom stereocenters. The van der Waals surface area contributed by atoms with Crippen LogP contribution in [-0.4, -0.2) is 37.5 Å². The normalized spacial score (nSPS) is 12.9. The monoisotopic (exact) mass is 396 g/mol. The van der Waals surface area contributed by atoms with Crippen molar-refractivity contribution in [3.8, 4) is 5.75 Å². The van der Waals surface area contributed by atoms with Gasteiger partial charge in [0.15, 0.2) is 13.2 Å². The highest BCUT2D eigenvalue weighted by molar-refractivity contribution is 5.98. The first-order valence-electron chi connectivity index (χ1n) is 9.51. The fourth-order valence-corrected chi connectivity index (χ4v) is 2.97. The highest BCUT2D eigenvalue weighted by Gasteiger charge is 2.25. The molecule has 0 saturated heterocycles. The number of hydrogen-bond donors (Lipinski definition) is 1. The molecule has 0 radical (unpaired) electrons. The third-order valence-electron chi connectivity index (χ3n) is 4.57. The van der Waals surface area contributed by atoms with Gasteiger partial charge in [-0.25, -0.2) is 0 Å². The quantitative estimate of drug-likeness (QED) is 0.727. The van der Waals surface area contributed by atoms with Gasteiger partial charge in [-0.2, -0.15) is 0 Å². The maximum absolute atomic E-state index is 12.1. The summed E-state index contributed by atoms with van der Waals surface area (Å²) in [5.74, 6) is -0.177. The zero-order chi connectivity index (χ0) is 20.8. The van der Waals surface area contributed by atoms with Crippen molar-refractivity contribution >= 4 is 29.2 Å². The van der Waals surface area contributed by atoms with E-state index in [1.54, 1.807) is 18.2 Å². The van der Waals surface area contributed by atoms with Gasteiger partial charge in [0.1, 0.15) is 5.75 Å². The summed E-state index contributed by atoms with van der Waals surface area (Å²) in [6.45, 7) is 3.91. The third-order valence-corrected chi connectivity index (χ3v) is 4.57. The molecule has 0 aliphatic carbocycles. The number of carbonyl (C=O) groups is 3. The van der Waals surface area contributed by atoms with E-state index < -0.39 is 11.9 Å². The molecule has 2 aromatic carbocycles. The van der Waals surface area contributed by atoms with E-state index in [-0.39, 0.29) is 32.1 Å². The second-order valence-electron chi connectivity index (χ2n) is 7.04. The zero-order valence-electron chi connectivity index (χ0n) is 16.5. The maximum atomic E-state index is 12.1. The fraction of sp³-hybridized carbons (Fsp3) is 0.318. The van der Waals surface area contributed by atoms with Crippen LogP contribution in [0.5, 0.6) is 5.75 Å². The summed E-state index contributed by atoms with van der Waals surface area (Å²) in [7, 11) is 0. The largest absolute Gasteiger partial charge is 0.482 e. The van der Waals surface area contributed by atoms with Crippen LogP contribution < -0.4 is 15.0 Å². The minimum atomic E-state index is -0.549. The topological polar surface area (TPSA) is 84.9 Å². The third kappa shape index (κ3) is 5.34. The van der Waals surface area contributed by atoms with Gasteiger partial charge < -0.3 is 19.7 Å². The minimum Gasteiger partial charge on any atom is -0.482 e. The molecule has 1 heterocycles. The number of esters is 1. The molecule has 0 unspecified atom stereocenters. The molecule has 152 valence electrons. The summed E-state index contributed by atoms with van der Waals surface area (Å²) < 4.78 is 10.4. The van der Waals surface area contributed by atoms with Crippen LogP contribution in [0.2, 0.25) is 0 Å². The molecule has 0 spiro atoms.